The summed E-state index contributed by atoms with van der Waals surface area (Å²) >= 11 is 0. The first-order valence-corrected chi connectivity index (χ1v) is 3.48. The first kappa shape index (κ1) is 8.01. The van der Waals surface area contributed by atoms with Gasteiger partial charge in [0, 0.05) is 13.2 Å². The van der Waals surface area contributed by atoms with Gasteiger partial charge in [0.05, 0.1) is 0 Å². The number of hydrogen-bond acceptors (Lipinski definition) is 3. The summed E-state index contributed by atoms with van der Waals surface area (Å²) in [5, 5.41) is 8.77. The predicted molar refractivity (Wildman–Crippen MR) is 44.5 cm³/mol. The average molecular weight is 152 g/mol. The van der Waals surface area contributed by atoms with Crippen LogP contribution >= 0.6 is 0 Å². The fourth-order valence-corrected chi connectivity index (χ4v) is 0.801. The molecule has 0 aromatic carbocycles. The first-order valence-electron chi connectivity index (χ1n) is 3.48. The van der Waals surface area contributed by atoms with Gasteiger partial charge in [-0.05, 0) is 24.6 Å². The lowest BCUT2D eigenvalue weighted by molar-refractivity contribution is 0.297. The Bertz CT molecular complexity index is 237. The molecule has 0 aliphatic carbocycles. The minimum absolute atomic E-state index is 0.00352. The van der Waals surface area contributed by atoms with Crippen LogP contribution in [0.3, 0.4) is 0 Å². The number of aliphatic hydroxyl groups excluding tert-OH is 1. The zero-order valence-electron chi connectivity index (χ0n) is 6.78. The van der Waals surface area contributed by atoms with Gasteiger partial charge in [0.2, 0.25) is 0 Å². The van der Waals surface area contributed by atoms with E-state index in [4.69, 9.17) is 5.11 Å². The van der Waals surface area contributed by atoms with Crippen molar-refractivity contribution in [3.63, 3.8) is 0 Å². The Morgan fingerprint density at radius 3 is 2.91 bits per heavy atom. The Morgan fingerprint density at radius 1 is 1.64 bits per heavy atom. The standard InChI is InChI=1S/C8H12N2O/c1-7-3-4-9-8(5-7)10(2)6-11/h3-5,11H,6H2,1-2H3. The van der Waals surface area contributed by atoms with Crippen molar-refractivity contribution in [3.8, 4) is 0 Å². The molecule has 3 nitrogen and oxygen atoms in total. The van der Waals surface area contributed by atoms with Crippen LogP contribution in [0.4, 0.5) is 5.82 Å². The molecule has 0 radical (unpaired) electrons. The number of aliphatic hydroxyl groups is 1. The molecule has 3 heteroatoms. The Hall–Kier alpha value is -1.09. The maximum absolute atomic E-state index is 8.77. The molecule has 11 heavy (non-hydrogen) atoms. The van der Waals surface area contributed by atoms with E-state index in [0.29, 0.717) is 0 Å². The monoisotopic (exact) mass is 152 g/mol. The smallest absolute Gasteiger partial charge is 0.130 e. The lowest BCUT2D eigenvalue weighted by Crippen LogP contribution is -2.18. The van der Waals surface area contributed by atoms with Crippen LogP contribution in [0.5, 0.6) is 0 Å². The van der Waals surface area contributed by atoms with Gasteiger partial charge in [0.25, 0.3) is 0 Å². The van der Waals surface area contributed by atoms with Crippen molar-refractivity contribution in [2.75, 3.05) is 18.7 Å². The van der Waals surface area contributed by atoms with Crippen LogP contribution in [0.1, 0.15) is 5.56 Å². The van der Waals surface area contributed by atoms with Gasteiger partial charge in [0.15, 0.2) is 0 Å². The number of rotatable bonds is 2. The van der Waals surface area contributed by atoms with E-state index >= 15 is 0 Å². The van der Waals surface area contributed by atoms with E-state index < -0.39 is 0 Å². The predicted octanol–water partition coefficient (Wildman–Crippen LogP) is 0.776. The Balaban J connectivity index is 2.86. The quantitative estimate of drug-likeness (QED) is 0.636. The maximum atomic E-state index is 8.77. The molecule has 0 fully saturated rings. The number of hydrogen-bond donors (Lipinski definition) is 1. The van der Waals surface area contributed by atoms with E-state index in [9.17, 15) is 0 Å². The summed E-state index contributed by atoms with van der Waals surface area (Å²) in [5.41, 5.74) is 1.15. The highest BCUT2D eigenvalue weighted by atomic mass is 16.3. The van der Waals surface area contributed by atoms with Crippen molar-refractivity contribution < 1.29 is 5.11 Å². The van der Waals surface area contributed by atoms with Gasteiger partial charge < -0.3 is 10.0 Å². The van der Waals surface area contributed by atoms with Crippen molar-refractivity contribution >= 4 is 5.82 Å². The lowest BCUT2D eigenvalue weighted by Gasteiger charge is -2.14. The third-order valence-electron chi connectivity index (χ3n) is 1.50. The van der Waals surface area contributed by atoms with E-state index in [2.05, 4.69) is 4.98 Å². The molecule has 1 aromatic heterocycles. The summed E-state index contributed by atoms with van der Waals surface area (Å²) in [6.45, 7) is 1.99. The largest absolute Gasteiger partial charge is 0.376 e. The number of aromatic nitrogens is 1. The summed E-state index contributed by atoms with van der Waals surface area (Å²) in [6.07, 6.45) is 1.73. The van der Waals surface area contributed by atoms with Crippen LogP contribution in [0.15, 0.2) is 18.3 Å². The van der Waals surface area contributed by atoms with Crippen molar-refractivity contribution in [2.24, 2.45) is 0 Å². The van der Waals surface area contributed by atoms with Gasteiger partial charge in [-0.1, -0.05) is 0 Å². The van der Waals surface area contributed by atoms with Crippen LogP contribution in [0, 0.1) is 6.92 Å². The van der Waals surface area contributed by atoms with Crippen LogP contribution in [0.2, 0.25) is 0 Å². The zero-order chi connectivity index (χ0) is 8.27. The molecule has 0 aliphatic rings. The normalized spacial score (nSPS) is 9.73. The van der Waals surface area contributed by atoms with Crippen LogP contribution in [0.25, 0.3) is 0 Å². The van der Waals surface area contributed by atoms with Gasteiger partial charge in [-0.2, -0.15) is 0 Å². The number of aryl methyl sites for hydroxylation is 1. The Morgan fingerprint density at radius 2 is 2.36 bits per heavy atom. The molecule has 1 rings (SSSR count). The molecule has 1 heterocycles. The molecular formula is C8H12N2O. The number of pyridine rings is 1. The van der Waals surface area contributed by atoms with Crippen LogP contribution in [-0.4, -0.2) is 23.9 Å². The molecule has 0 atom stereocenters. The molecule has 1 aromatic rings. The summed E-state index contributed by atoms with van der Waals surface area (Å²) in [6, 6.07) is 3.85. The van der Waals surface area contributed by atoms with Crippen molar-refractivity contribution in [1.29, 1.82) is 0 Å². The first-order chi connectivity index (χ1) is 5.24. The minimum Gasteiger partial charge on any atom is -0.376 e. The molecule has 0 saturated carbocycles. The molecule has 1 N–H and O–H groups in total. The summed E-state index contributed by atoms with van der Waals surface area (Å²) in [4.78, 5) is 5.75. The van der Waals surface area contributed by atoms with Gasteiger partial charge in [-0.15, -0.1) is 0 Å². The second kappa shape index (κ2) is 3.34. The highest BCUT2D eigenvalue weighted by molar-refractivity contribution is 5.38. The van der Waals surface area contributed by atoms with E-state index in [-0.39, 0.29) is 6.73 Å². The maximum Gasteiger partial charge on any atom is 0.130 e. The number of anilines is 1. The molecule has 0 unspecified atom stereocenters. The molecular weight excluding hydrogens is 140 g/mol. The molecule has 0 aliphatic heterocycles. The van der Waals surface area contributed by atoms with Gasteiger partial charge in [0.1, 0.15) is 12.5 Å². The average Bonchev–Trinajstić information content (AvgIpc) is 2.03. The summed E-state index contributed by atoms with van der Waals surface area (Å²) in [7, 11) is 1.79. The topological polar surface area (TPSA) is 36.4 Å². The van der Waals surface area contributed by atoms with E-state index in [1.165, 1.54) is 0 Å². The molecule has 0 spiro atoms. The fraction of sp³-hybridized carbons (Fsp3) is 0.375. The summed E-state index contributed by atoms with van der Waals surface area (Å²) in [5.74, 6) is 0.799. The third-order valence-corrected chi connectivity index (χ3v) is 1.50. The summed E-state index contributed by atoms with van der Waals surface area (Å²) < 4.78 is 0. The lowest BCUT2D eigenvalue weighted by atomic mass is 10.3. The number of nitrogens with zero attached hydrogens (tertiary/aromatic N) is 2. The molecule has 0 amide bonds. The third kappa shape index (κ3) is 1.91. The molecule has 60 valence electrons. The van der Waals surface area contributed by atoms with Crippen molar-refractivity contribution in [1.82, 2.24) is 4.98 Å². The van der Waals surface area contributed by atoms with Crippen molar-refractivity contribution in [3.05, 3.63) is 23.9 Å². The highest BCUT2D eigenvalue weighted by Crippen LogP contribution is 2.08. The Kier molecular flexibility index (Phi) is 2.44. The van der Waals surface area contributed by atoms with E-state index in [1.807, 2.05) is 19.1 Å². The van der Waals surface area contributed by atoms with Gasteiger partial charge >= 0.3 is 0 Å². The molecule has 0 bridgehead atoms. The second-order valence-corrected chi connectivity index (χ2v) is 2.53. The highest BCUT2D eigenvalue weighted by Gasteiger charge is 1.98. The van der Waals surface area contributed by atoms with E-state index in [1.54, 1.807) is 18.1 Å². The fourth-order valence-electron chi connectivity index (χ4n) is 0.801. The zero-order valence-corrected chi connectivity index (χ0v) is 6.78. The Labute approximate surface area is 66.3 Å². The van der Waals surface area contributed by atoms with Gasteiger partial charge in [-0.3, -0.25) is 0 Å². The van der Waals surface area contributed by atoms with Crippen LogP contribution < -0.4 is 4.90 Å². The molecule has 0 saturated heterocycles. The van der Waals surface area contributed by atoms with Gasteiger partial charge in [-0.25, -0.2) is 4.98 Å². The van der Waals surface area contributed by atoms with Crippen molar-refractivity contribution in [2.45, 2.75) is 6.92 Å². The minimum atomic E-state index is -0.00352. The second-order valence-electron chi connectivity index (χ2n) is 2.53. The SMILES string of the molecule is Cc1ccnc(N(C)CO)c1. The van der Waals surface area contributed by atoms with Crippen LogP contribution in [-0.2, 0) is 0 Å². The van der Waals surface area contributed by atoms with E-state index in [0.717, 1.165) is 11.4 Å².